The van der Waals surface area contributed by atoms with Crippen LogP contribution in [-0.4, -0.2) is 29.1 Å². The average Bonchev–Trinajstić information content (AvgIpc) is 3.80. The van der Waals surface area contributed by atoms with E-state index in [2.05, 4.69) is 131 Å². The molecule has 0 amide bonds. The van der Waals surface area contributed by atoms with E-state index in [0.717, 1.165) is 34.4 Å². The highest BCUT2D eigenvalue weighted by molar-refractivity contribution is 6.10. The van der Waals surface area contributed by atoms with Crippen LogP contribution >= 0.6 is 0 Å². The molecule has 6 heteroatoms. The Kier molecular flexibility index (Phi) is 7.74. The van der Waals surface area contributed by atoms with Gasteiger partial charge in [-0.2, -0.15) is 0 Å². The largest absolute Gasteiger partial charge is 0.310 e. The van der Waals surface area contributed by atoms with Gasteiger partial charge in [0.2, 0.25) is 0 Å². The zero-order valence-corrected chi connectivity index (χ0v) is 31.3. The number of nitrogens with zero attached hydrogens (tertiary/aromatic N) is 6. The van der Waals surface area contributed by atoms with Crippen molar-refractivity contribution in [2.24, 2.45) is 0 Å². The lowest BCUT2D eigenvalue weighted by atomic mass is 9.84. The number of hydrogen-bond acceptors (Lipinski definition) is 4. The molecule has 0 fully saturated rings. The molecule has 1 atom stereocenters. The van der Waals surface area contributed by atoms with Crippen LogP contribution in [-0.2, 0) is 0 Å². The highest BCUT2D eigenvalue weighted by Gasteiger charge is 2.27. The Morgan fingerprint density at radius 3 is 1.81 bits per heavy atom. The van der Waals surface area contributed by atoms with Crippen molar-refractivity contribution < 1.29 is 0 Å². The summed E-state index contributed by atoms with van der Waals surface area (Å²) < 4.78 is 4.75. The summed E-state index contributed by atoms with van der Waals surface area (Å²) in [6, 6.07) is 57.3. The summed E-state index contributed by atoms with van der Waals surface area (Å²) >= 11 is 0. The maximum absolute atomic E-state index is 4.96. The molecule has 6 aromatic carbocycles. The maximum atomic E-state index is 4.96. The van der Waals surface area contributed by atoms with Crippen LogP contribution < -0.4 is 0 Å². The third-order valence-corrected chi connectivity index (χ3v) is 11.3. The molecule has 0 bridgehead atoms. The number of aromatic nitrogens is 6. The molecule has 10 aromatic rings. The van der Waals surface area contributed by atoms with Crippen molar-refractivity contribution in [1.29, 1.82) is 0 Å². The predicted octanol–water partition coefficient (Wildman–Crippen LogP) is 12.4. The van der Waals surface area contributed by atoms with Gasteiger partial charge in [0.25, 0.3) is 0 Å². The van der Waals surface area contributed by atoms with Crippen molar-refractivity contribution in [3.63, 3.8) is 0 Å². The topological polar surface area (TPSA) is 61.4 Å². The number of para-hydroxylation sites is 3. The van der Waals surface area contributed by atoms with E-state index in [1.807, 2.05) is 67.0 Å². The third kappa shape index (κ3) is 5.56. The Bertz CT molecular complexity index is 3090. The number of allylic oxidation sites excluding steroid dienone is 1. The van der Waals surface area contributed by atoms with Gasteiger partial charge in [0, 0.05) is 50.1 Å². The molecular weight excluding hydrogens is 697 g/mol. The Hall–Kier alpha value is -7.44. The molecule has 0 saturated carbocycles. The summed E-state index contributed by atoms with van der Waals surface area (Å²) in [5, 5.41) is 3.74. The molecule has 57 heavy (non-hydrogen) atoms. The van der Waals surface area contributed by atoms with Crippen LogP contribution in [0.4, 0.5) is 0 Å². The van der Waals surface area contributed by atoms with Gasteiger partial charge in [-0.05, 0) is 60.0 Å². The standard InChI is InChI=1S/C51H36N6/c1-33-27-37(36-25-26-42-40-21-11-13-23-46(40)56(48(42)29-36)38-19-9-4-10-20-38)28-43-41-22-12-14-24-47(41)57(49(33)43)39-31-52-51(53-32-39)45-30-44(34-15-5-2-6-16-34)54-50(55-45)35-17-7-3-8-18-35/h2-26,28-33H,27H2,1H3. The zero-order valence-electron chi connectivity index (χ0n) is 31.3. The normalized spacial score (nSPS) is 13.9. The highest BCUT2D eigenvalue weighted by Crippen LogP contribution is 2.45. The van der Waals surface area contributed by atoms with Crippen LogP contribution in [0.2, 0.25) is 0 Å². The van der Waals surface area contributed by atoms with Crippen LogP contribution in [0.5, 0.6) is 0 Å². The molecular formula is C51H36N6. The number of fused-ring (bicyclic) bond motifs is 6. The van der Waals surface area contributed by atoms with E-state index in [0.29, 0.717) is 17.3 Å². The van der Waals surface area contributed by atoms with Crippen LogP contribution in [0.1, 0.15) is 36.1 Å². The first-order valence-electron chi connectivity index (χ1n) is 19.4. The van der Waals surface area contributed by atoms with Crippen molar-refractivity contribution in [3.8, 4) is 45.5 Å². The first-order chi connectivity index (χ1) is 28.2. The fourth-order valence-electron chi connectivity index (χ4n) is 8.69. The molecule has 0 saturated heterocycles. The molecule has 1 unspecified atom stereocenters. The van der Waals surface area contributed by atoms with Crippen molar-refractivity contribution in [1.82, 2.24) is 29.1 Å². The summed E-state index contributed by atoms with van der Waals surface area (Å²) in [6.07, 6.45) is 7.19. The second-order valence-electron chi connectivity index (χ2n) is 14.8. The van der Waals surface area contributed by atoms with E-state index in [1.54, 1.807) is 0 Å². The first kappa shape index (κ1) is 32.9. The van der Waals surface area contributed by atoms with Crippen LogP contribution in [0.25, 0.3) is 89.9 Å². The zero-order chi connectivity index (χ0) is 37.9. The van der Waals surface area contributed by atoms with Crippen LogP contribution in [0.3, 0.4) is 0 Å². The third-order valence-electron chi connectivity index (χ3n) is 11.3. The Labute approximate surface area is 330 Å². The molecule has 6 nitrogen and oxygen atoms in total. The highest BCUT2D eigenvalue weighted by atomic mass is 15.0. The monoisotopic (exact) mass is 732 g/mol. The van der Waals surface area contributed by atoms with Crippen LogP contribution in [0, 0.1) is 0 Å². The summed E-state index contributed by atoms with van der Waals surface area (Å²) in [4.78, 5) is 19.8. The summed E-state index contributed by atoms with van der Waals surface area (Å²) in [6.45, 7) is 2.34. The molecule has 1 aliphatic carbocycles. The van der Waals surface area contributed by atoms with Crippen molar-refractivity contribution in [2.45, 2.75) is 19.3 Å². The van der Waals surface area contributed by atoms with Gasteiger partial charge in [-0.3, -0.25) is 0 Å². The summed E-state index contributed by atoms with van der Waals surface area (Å²) in [5.74, 6) is 1.44. The molecule has 4 heterocycles. The van der Waals surface area contributed by atoms with Gasteiger partial charge in [0.05, 0.1) is 40.3 Å². The molecule has 270 valence electrons. The summed E-state index contributed by atoms with van der Waals surface area (Å²) in [5.41, 5.74) is 14.2. The number of hydrogen-bond donors (Lipinski definition) is 0. The molecule has 4 aromatic heterocycles. The SMILES string of the molecule is CC1CC(c2ccc3c4ccccc4n(-c4ccccc4)c3c2)=Cc2c1n(-c1cnc(-c3cc(-c4ccccc4)nc(-c4ccccc4)n3)nc1)c1ccccc21. The van der Waals surface area contributed by atoms with Crippen molar-refractivity contribution >= 4 is 44.4 Å². The minimum Gasteiger partial charge on any atom is -0.310 e. The van der Waals surface area contributed by atoms with Crippen molar-refractivity contribution in [2.75, 3.05) is 0 Å². The average molecular weight is 733 g/mol. The van der Waals surface area contributed by atoms with E-state index >= 15 is 0 Å². The lowest BCUT2D eigenvalue weighted by molar-refractivity contribution is 0.731. The second kappa shape index (κ2) is 13.4. The molecule has 0 aliphatic heterocycles. The Morgan fingerprint density at radius 1 is 0.474 bits per heavy atom. The van der Waals surface area contributed by atoms with Crippen LogP contribution in [0.15, 0.2) is 176 Å². The minimum absolute atomic E-state index is 0.242. The Balaban J connectivity index is 1.02. The first-order valence-corrected chi connectivity index (χ1v) is 19.4. The predicted molar refractivity (Wildman–Crippen MR) is 232 cm³/mol. The molecule has 0 spiro atoms. The maximum Gasteiger partial charge on any atom is 0.178 e. The van der Waals surface area contributed by atoms with Gasteiger partial charge in [-0.15, -0.1) is 0 Å². The van der Waals surface area contributed by atoms with Crippen molar-refractivity contribution in [3.05, 3.63) is 193 Å². The van der Waals surface area contributed by atoms with E-state index in [1.165, 1.54) is 55.3 Å². The lowest BCUT2D eigenvalue weighted by Gasteiger charge is -2.24. The smallest absolute Gasteiger partial charge is 0.178 e. The molecule has 0 N–H and O–H groups in total. The molecule has 11 rings (SSSR count). The van der Waals surface area contributed by atoms with E-state index in [4.69, 9.17) is 19.9 Å². The summed E-state index contributed by atoms with van der Waals surface area (Å²) in [7, 11) is 0. The fourth-order valence-corrected chi connectivity index (χ4v) is 8.69. The van der Waals surface area contributed by atoms with E-state index in [-0.39, 0.29) is 5.92 Å². The van der Waals surface area contributed by atoms with Gasteiger partial charge >= 0.3 is 0 Å². The van der Waals surface area contributed by atoms with Gasteiger partial charge in [0.15, 0.2) is 11.6 Å². The van der Waals surface area contributed by atoms with E-state index < -0.39 is 0 Å². The molecule has 1 aliphatic rings. The number of benzene rings is 6. The lowest BCUT2D eigenvalue weighted by Crippen LogP contribution is -2.10. The van der Waals surface area contributed by atoms with Gasteiger partial charge < -0.3 is 9.13 Å². The number of rotatable bonds is 6. The van der Waals surface area contributed by atoms with Gasteiger partial charge in [0.1, 0.15) is 5.69 Å². The quantitative estimate of drug-likeness (QED) is 0.171. The molecule has 0 radical (unpaired) electrons. The second-order valence-corrected chi connectivity index (χ2v) is 14.8. The minimum atomic E-state index is 0.242. The fraction of sp³-hybridized carbons (Fsp3) is 0.0588. The Morgan fingerprint density at radius 2 is 1.07 bits per heavy atom. The van der Waals surface area contributed by atoms with Gasteiger partial charge in [-0.25, -0.2) is 19.9 Å². The van der Waals surface area contributed by atoms with E-state index in [9.17, 15) is 0 Å². The van der Waals surface area contributed by atoms with Gasteiger partial charge in [-0.1, -0.05) is 134 Å².